The number of hydrogen-bond acceptors (Lipinski definition) is 3. The Morgan fingerprint density at radius 3 is 2.40 bits per heavy atom. The molecular weight excluding hydrogens is 318 g/mol. The lowest BCUT2D eigenvalue weighted by Gasteiger charge is -2.30. The van der Waals surface area contributed by atoms with E-state index in [0.717, 1.165) is 5.92 Å². The Labute approximate surface area is 148 Å². The molecule has 1 heterocycles. The van der Waals surface area contributed by atoms with Crippen molar-refractivity contribution in [2.45, 2.75) is 45.1 Å². The average molecular weight is 343 g/mol. The van der Waals surface area contributed by atoms with Crippen LogP contribution in [0.5, 0.6) is 0 Å². The second-order valence-corrected chi connectivity index (χ2v) is 6.70. The van der Waals surface area contributed by atoms with Crippen LogP contribution in [-0.2, 0) is 9.59 Å². The summed E-state index contributed by atoms with van der Waals surface area (Å²) in [5.41, 5.74) is 4.42. The van der Waals surface area contributed by atoms with Gasteiger partial charge in [-0.1, -0.05) is 43.7 Å². The minimum Gasteiger partial charge on any atom is -0.478 e. The van der Waals surface area contributed by atoms with E-state index in [1.165, 1.54) is 30.5 Å². The molecule has 0 aromatic heterocycles. The number of rotatable bonds is 2. The SMILES string of the molecule is CC1CCC2=CC(C)c3ccccc3NC2C1.O=C(O)/C=C\C(=O)O. The first-order chi connectivity index (χ1) is 11.9. The first-order valence-corrected chi connectivity index (χ1v) is 8.56. The number of aliphatic carboxylic acids is 2. The number of fused-ring (bicyclic) bond motifs is 2. The Balaban J connectivity index is 0.000000242. The Morgan fingerprint density at radius 1 is 1.12 bits per heavy atom. The lowest BCUT2D eigenvalue weighted by molar-refractivity contribution is -0.134. The summed E-state index contributed by atoms with van der Waals surface area (Å²) in [6.07, 6.45) is 7.52. The van der Waals surface area contributed by atoms with Gasteiger partial charge in [0.05, 0.1) is 0 Å². The molecule has 1 aromatic carbocycles. The molecule has 134 valence electrons. The highest BCUT2D eigenvalue weighted by Gasteiger charge is 2.27. The number of nitrogens with one attached hydrogen (secondary N) is 1. The maximum atomic E-state index is 9.55. The van der Waals surface area contributed by atoms with E-state index in [1.54, 1.807) is 5.57 Å². The molecule has 0 radical (unpaired) electrons. The predicted octanol–water partition coefficient (Wildman–Crippen LogP) is 4.04. The summed E-state index contributed by atoms with van der Waals surface area (Å²) in [6.45, 7) is 4.69. The fourth-order valence-corrected chi connectivity index (χ4v) is 3.38. The zero-order valence-electron chi connectivity index (χ0n) is 14.6. The van der Waals surface area contributed by atoms with E-state index in [-0.39, 0.29) is 0 Å². The van der Waals surface area contributed by atoms with Crippen LogP contribution in [0.1, 0.15) is 44.6 Å². The van der Waals surface area contributed by atoms with Gasteiger partial charge in [0, 0.05) is 29.8 Å². The molecule has 1 saturated carbocycles. The van der Waals surface area contributed by atoms with Gasteiger partial charge in [0.15, 0.2) is 0 Å². The van der Waals surface area contributed by atoms with Gasteiger partial charge in [0.25, 0.3) is 0 Å². The Kier molecular flexibility index (Phi) is 6.39. The quantitative estimate of drug-likeness (QED) is 0.557. The molecule has 1 aromatic rings. The summed E-state index contributed by atoms with van der Waals surface area (Å²) in [6, 6.07) is 9.33. The summed E-state index contributed by atoms with van der Waals surface area (Å²) >= 11 is 0. The number of hydrogen-bond donors (Lipinski definition) is 3. The van der Waals surface area contributed by atoms with Gasteiger partial charge >= 0.3 is 11.9 Å². The van der Waals surface area contributed by atoms with Crippen LogP contribution in [0.4, 0.5) is 5.69 Å². The smallest absolute Gasteiger partial charge is 0.328 e. The zero-order chi connectivity index (χ0) is 18.4. The highest BCUT2D eigenvalue weighted by Crippen LogP contribution is 2.37. The second-order valence-electron chi connectivity index (χ2n) is 6.70. The van der Waals surface area contributed by atoms with E-state index in [1.807, 2.05) is 0 Å². The first-order valence-electron chi connectivity index (χ1n) is 8.56. The lowest BCUT2D eigenvalue weighted by atomic mass is 9.82. The van der Waals surface area contributed by atoms with E-state index >= 15 is 0 Å². The van der Waals surface area contributed by atoms with Crippen LogP contribution in [0.2, 0.25) is 0 Å². The third kappa shape index (κ3) is 5.48. The van der Waals surface area contributed by atoms with Crippen LogP contribution in [0.3, 0.4) is 0 Å². The monoisotopic (exact) mass is 343 g/mol. The molecule has 3 atom stereocenters. The van der Waals surface area contributed by atoms with E-state index in [0.29, 0.717) is 24.1 Å². The van der Waals surface area contributed by atoms with Crippen molar-refractivity contribution in [1.82, 2.24) is 0 Å². The minimum atomic E-state index is -1.26. The van der Waals surface area contributed by atoms with Gasteiger partial charge in [0.1, 0.15) is 0 Å². The number of carboxylic acid groups (broad SMARTS) is 2. The Morgan fingerprint density at radius 2 is 1.76 bits per heavy atom. The van der Waals surface area contributed by atoms with Crippen LogP contribution in [0, 0.1) is 5.92 Å². The third-order valence-electron chi connectivity index (χ3n) is 4.63. The molecular formula is C20H25NO4. The van der Waals surface area contributed by atoms with Crippen LogP contribution in [0.15, 0.2) is 48.1 Å². The van der Waals surface area contributed by atoms with E-state index in [2.05, 4.69) is 49.5 Å². The van der Waals surface area contributed by atoms with Crippen molar-refractivity contribution in [3.8, 4) is 0 Å². The topological polar surface area (TPSA) is 86.6 Å². The summed E-state index contributed by atoms with van der Waals surface area (Å²) in [5.74, 6) is -1.11. The molecule has 3 unspecified atom stereocenters. The molecule has 5 heteroatoms. The fourth-order valence-electron chi connectivity index (χ4n) is 3.38. The highest BCUT2D eigenvalue weighted by molar-refractivity contribution is 5.89. The molecule has 0 bridgehead atoms. The Bertz CT molecular complexity index is 677. The molecule has 0 spiro atoms. The Hall–Kier alpha value is -2.56. The standard InChI is InChI=1S/C16H21N.C4H4O4/c1-11-7-8-13-10-12(2)14-5-3-4-6-15(14)17-16(13)9-11;5-3(6)1-2-4(7)8/h3-6,10-12,16-17H,7-9H2,1-2H3;1-2H,(H,5,6)(H,7,8)/b;2-1-. The molecule has 3 rings (SSSR count). The van der Waals surface area contributed by atoms with Crippen molar-refractivity contribution in [2.24, 2.45) is 5.92 Å². The van der Waals surface area contributed by atoms with Crippen molar-refractivity contribution in [1.29, 1.82) is 0 Å². The van der Waals surface area contributed by atoms with E-state index in [9.17, 15) is 9.59 Å². The molecule has 0 amide bonds. The summed E-state index contributed by atoms with van der Waals surface area (Å²) < 4.78 is 0. The van der Waals surface area contributed by atoms with Crippen molar-refractivity contribution >= 4 is 17.6 Å². The molecule has 5 nitrogen and oxygen atoms in total. The van der Waals surface area contributed by atoms with Crippen molar-refractivity contribution in [3.05, 3.63) is 53.6 Å². The normalized spacial score (nSPS) is 24.6. The predicted molar refractivity (Wildman–Crippen MR) is 97.8 cm³/mol. The van der Waals surface area contributed by atoms with Crippen molar-refractivity contribution in [2.75, 3.05) is 5.32 Å². The number of benzene rings is 1. The van der Waals surface area contributed by atoms with Crippen molar-refractivity contribution in [3.63, 3.8) is 0 Å². The number of anilines is 1. The molecule has 0 saturated heterocycles. The second kappa shape index (κ2) is 8.51. The molecule has 2 aliphatic rings. The average Bonchev–Trinajstić information content (AvgIpc) is 2.69. The van der Waals surface area contributed by atoms with Gasteiger partial charge in [0.2, 0.25) is 0 Å². The molecule has 1 aliphatic carbocycles. The largest absolute Gasteiger partial charge is 0.478 e. The third-order valence-corrected chi connectivity index (χ3v) is 4.63. The van der Waals surface area contributed by atoms with Gasteiger partial charge in [-0.15, -0.1) is 0 Å². The van der Waals surface area contributed by atoms with Gasteiger partial charge in [-0.25, -0.2) is 9.59 Å². The van der Waals surface area contributed by atoms with Crippen molar-refractivity contribution < 1.29 is 19.8 Å². The van der Waals surface area contributed by atoms with Crippen LogP contribution >= 0.6 is 0 Å². The summed E-state index contributed by atoms with van der Waals surface area (Å²) in [4.78, 5) is 19.1. The summed E-state index contributed by atoms with van der Waals surface area (Å²) in [5, 5.41) is 19.4. The molecule has 1 aliphatic heterocycles. The molecule has 1 fully saturated rings. The zero-order valence-corrected chi connectivity index (χ0v) is 14.6. The van der Waals surface area contributed by atoms with E-state index in [4.69, 9.17) is 10.2 Å². The maximum Gasteiger partial charge on any atom is 0.328 e. The van der Waals surface area contributed by atoms with Crippen LogP contribution in [-0.4, -0.2) is 28.2 Å². The van der Waals surface area contributed by atoms with Crippen LogP contribution < -0.4 is 5.32 Å². The van der Waals surface area contributed by atoms with Gasteiger partial charge in [-0.2, -0.15) is 0 Å². The number of carboxylic acids is 2. The van der Waals surface area contributed by atoms with Crippen LogP contribution in [0.25, 0.3) is 0 Å². The summed E-state index contributed by atoms with van der Waals surface area (Å²) in [7, 11) is 0. The minimum absolute atomic E-state index is 0.548. The molecule has 25 heavy (non-hydrogen) atoms. The first kappa shape index (κ1) is 18.8. The van der Waals surface area contributed by atoms with Gasteiger partial charge in [-0.3, -0.25) is 0 Å². The van der Waals surface area contributed by atoms with Gasteiger partial charge in [-0.05, 0) is 36.8 Å². The number of carbonyl (C=O) groups is 2. The number of para-hydroxylation sites is 1. The number of allylic oxidation sites excluding steroid dienone is 1. The molecule has 3 N–H and O–H groups in total. The fraction of sp³-hybridized carbons (Fsp3) is 0.400. The highest BCUT2D eigenvalue weighted by atomic mass is 16.4. The van der Waals surface area contributed by atoms with Gasteiger partial charge < -0.3 is 15.5 Å². The van der Waals surface area contributed by atoms with E-state index < -0.39 is 11.9 Å². The lowest BCUT2D eigenvalue weighted by Crippen LogP contribution is -2.28. The maximum absolute atomic E-state index is 9.55.